The van der Waals surface area contributed by atoms with Gasteiger partial charge in [-0.3, -0.25) is 19.1 Å². The minimum absolute atomic E-state index is 0.168. The van der Waals surface area contributed by atoms with Crippen LogP contribution in [0.3, 0.4) is 0 Å². The lowest BCUT2D eigenvalue weighted by molar-refractivity contribution is 0.0958. The Kier molecular flexibility index (Phi) is 5.73. The van der Waals surface area contributed by atoms with E-state index in [2.05, 4.69) is 20.2 Å². The number of rotatable bonds is 4. The van der Waals surface area contributed by atoms with Crippen molar-refractivity contribution in [2.24, 2.45) is 7.05 Å². The summed E-state index contributed by atoms with van der Waals surface area (Å²) >= 11 is 0. The number of H-pyrrole nitrogens is 1. The lowest BCUT2D eigenvalue weighted by Gasteiger charge is -2.32. The smallest absolute Gasteiger partial charge is 0.328 e. The van der Waals surface area contributed by atoms with Crippen LogP contribution in [0.25, 0.3) is 10.9 Å². The van der Waals surface area contributed by atoms with Gasteiger partial charge < -0.3 is 10.3 Å². The zero-order chi connectivity index (χ0) is 22.1. The van der Waals surface area contributed by atoms with E-state index in [0.717, 1.165) is 48.3 Å². The predicted octanol–water partition coefficient (Wildman–Crippen LogP) is 1.67. The van der Waals surface area contributed by atoms with Gasteiger partial charge in [0, 0.05) is 26.3 Å². The second kappa shape index (κ2) is 8.47. The van der Waals surface area contributed by atoms with E-state index in [4.69, 9.17) is 0 Å². The van der Waals surface area contributed by atoms with Crippen LogP contribution in [-0.4, -0.2) is 45.5 Å². The number of pyridine rings is 1. The van der Waals surface area contributed by atoms with Crippen LogP contribution >= 0.6 is 0 Å². The number of aromatic amines is 1. The van der Waals surface area contributed by atoms with Gasteiger partial charge in [0.1, 0.15) is 5.69 Å². The normalized spacial score (nSPS) is 15.3. The molecule has 1 aliphatic rings. The van der Waals surface area contributed by atoms with Crippen molar-refractivity contribution in [3.63, 3.8) is 0 Å². The summed E-state index contributed by atoms with van der Waals surface area (Å²) < 4.78 is 1.09. The lowest BCUT2D eigenvalue weighted by atomic mass is 9.88. The second-order valence-electron chi connectivity index (χ2n) is 8.17. The molecule has 2 aromatic heterocycles. The molecule has 0 spiro atoms. The van der Waals surface area contributed by atoms with Crippen molar-refractivity contribution in [3.05, 3.63) is 73.7 Å². The molecule has 3 heterocycles. The van der Waals surface area contributed by atoms with Gasteiger partial charge in [0.2, 0.25) is 0 Å². The molecular weight excluding hydrogens is 394 g/mol. The molecule has 1 aliphatic heterocycles. The van der Waals surface area contributed by atoms with Gasteiger partial charge >= 0.3 is 5.69 Å². The first kappa shape index (κ1) is 21.0. The highest BCUT2D eigenvalue weighted by atomic mass is 16.2. The number of nitrogens with zero attached hydrogens (tertiary/aromatic N) is 3. The standard InChI is InChI=1S/C23H27N5O3/c1-14-17(6-7-19(25-14)21(29)24-2)16-8-10-28(11-9-16)13-15-4-5-18-20(12-15)26-23(31)27(3)22(18)30/h4-7,12,16H,8-11,13H2,1-3H3,(H,24,29)(H,26,31). The molecule has 162 valence electrons. The Morgan fingerprint density at radius 1 is 1.19 bits per heavy atom. The van der Waals surface area contributed by atoms with Crippen LogP contribution < -0.4 is 16.6 Å². The number of fused-ring (bicyclic) bond motifs is 1. The van der Waals surface area contributed by atoms with Gasteiger partial charge in [-0.2, -0.15) is 0 Å². The number of aryl methyl sites for hydroxylation is 1. The first-order chi connectivity index (χ1) is 14.9. The first-order valence-electron chi connectivity index (χ1n) is 10.5. The molecule has 8 nitrogen and oxygen atoms in total. The van der Waals surface area contributed by atoms with Gasteiger partial charge in [-0.15, -0.1) is 0 Å². The van der Waals surface area contributed by atoms with E-state index in [-0.39, 0.29) is 11.5 Å². The molecule has 0 radical (unpaired) electrons. The quantitative estimate of drug-likeness (QED) is 0.668. The van der Waals surface area contributed by atoms with Crippen LogP contribution in [-0.2, 0) is 13.6 Å². The van der Waals surface area contributed by atoms with Crippen LogP contribution in [0.5, 0.6) is 0 Å². The number of hydrogen-bond acceptors (Lipinski definition) is 5. The average Bonchev–Trinajstić information content (AvgIpc) is 2.77. The molecule has 8 heteroatoms. The monoisotopic (exact) mass is 421 g/mol. The van der Waals surface area contributed by atoms with Crippen LogP contribution in [0.15, 0.2) is 39.9 Å². The summed E-state index contributed by atoms with van der Waals surface area (Å²) in [7, 11) is 3.08. The summed E-state index contributed by atoms with van der Waals surface area (Å²) in [6.07, 6.45) is 2.04. The highest BCUT2D eigenvalue weighted by Gasteiger charge is 2.23. The fraction of sp³-hybridized carbons (Fsp3) is 0.391. The fourth-order valence-electron chi connectivity index (χ4n) is 4.37. The van der Waals surface area contributed by atoms with E-state index in [9.17, 15) is 14.4 Å². The third kappa shape index (κ3) is 4.16. The van der Waals surface area contributed by atoms with Crippen molar-refractivity contribution in [2.75, 3.05) is 20.1 Å². The molecule has 1 fully saturated rings. The van der Waals surface area contributed by atoms with Crippen molar-refractivity contribution in [1.29, 1.82) is 0 Å². The maximum absolute atomic E-state index is 12.2. The summed E-state index contributed by atoms with van der Waals surface area (Å²) in [6, 6.07) is 9.48. The van der Waals surface area contributed by atoms with Gasteiger partial charge in [-0.1, -0.05) is 12.1 Å². The van der Waals surface area contributed by atoms with Crippen molar-refractivity contribution in [1.82, 2.24) is 24.8 Å². The average molecular weight is 422 g/mol. The highest BCUT2D eigenvalue weighted by Crippen LogP contribution is 2.30. The number of piperidine rings is 1. The molecule has 1 amide bonds. The van der Waals surface area contributed by atoms with Crippen molar-refractivity contribution >= 4 is 16.8 Å². The lowest BCUT2D eigenvalue weighted by Crippen LogP contribution is -2.33. The molecular formula is C23H27N5O3. The molecule has 0 bridgehead atoms. The van der Waals surface area contributed by atoms with Gasteiger partial charge in [0.15, 0.2) is 0 Å². The van der Waals surface area contributed by atoms with E-state index in [1.807, 2.05) is 25.1 Å². The number of aromatic nitrogens is 3. The van der Waals surface area contributed by atoms with Gasteiger partial charge in [-0.05, 0) is 68.1 Å². The summed E-state index contributed by atoms with van der Waals surface area (Å²) in [5, 5.41) is 3.13. The highest BCUT2D eigenvalue weighted by molar-refractivity contribution is 5.92. The Morgan fingerprint density at radius 2 is 1.94 bits per heavy atom. The zero-order valence-corrected chi connectivity index (χ0v) is 18.1. The maximum Gasteiger partial charge on any atom is 0.328 e. The van der Waals surface area contributed by atoms with Gasteiger partial charge in [-0.25, -0.2) is 9.78 Å². The summed E-state index contributed by atoms with van der Waals surface area (Å²) in [6.45, 7) is 4.64. The van der Waals surface area contributed by atoms with Crippen LogP contribution in [0, 0.1) is 6.92 Å². The number of carbonyl (C=O) groups is 1. The van der Waals surface area contributed by atoms with E-state index in [0.29, 0.717) is 22.5 Å². The van der Waals surface area contributed by atoms with E-state index in [1.165, 1.54) is 12.6 Å². The Morgan fingerprint density at radius 3 is 2.61 bits per heavy atom. The SMILES string of the molecule is CNC(=O)c1ccc(C2CCN(Cc3ccc4c(=O)n(C)c(=O)[nH]c4c3)CC2)c(C)n1. The van der Waals surface area contributed by atoms with Crippen molar-refractivity contribution < 1.29 is 4.79 Å². The number of amides is 1. The van der Waals surface area contributed by atoms with Crippen molar-refractivity contribution in [2.45, 2.75) is 32.2 Å². The fourth-order valence-corrected chi connectivity index (χ4v) is 4.37. The molecule has 2 N–H and O–H groups in total. The number of likely N-dealkylation sites (tertiary alicyclic amines) is 1. The largest absolute Gasteiger partial charge is 0.354 e. The molecule has 0 saturated carbocycles. The molecule has 3 aromatic rings. The third-order valence-corrected chi connectivity index (χ3v) is 6.19. The van der Waals surface area contributed by atoms with E-state index < -0.39 is 5.69 Å². The first-order valence-corrected chi connectivity index (χ1v) is 10.5. The third-order valence-electron chi connectivity index (χ3n) is 6.19. The Balaban J connectivity index is 1.44. The van der Waals surface area contributed by atoms with E-state index in [1.54, 1.807) is 19.2 Å². The maximum atomic E-state index is 12.2. The van der Waals surface area contributed by atoms with Gasteiger partial charge in [0.25, 0.3) is 11.5 Å². The summed E-state index contributed by atoms with van der Waals surface area (Å²) in [4.78, 5) is 45.6. The summed E-state index contributed by atoms with van der Waals surface area (Å²) in [5.74, 6) is 0.262. The molecule has 1 saturated heterocycles. The second-order valence-corrected chi connectivity index (χ2v) is 8.17. The molecule has 0 aliphatic carbocycles. The number of benzene rings is 1. The van der Waals surface area contributed by atoms with Crippen LogP contribution in [0.1, 0.15) is 46.1 Å². The van der Waals surface area contributed by atoms with Gasteiger partial charge in [0.05, 0.1) is 10.9 Å². The topological polar surface area (TPSA) is 100 Å². The minimum Gasteiger partial charge on any atom is -0.354 e. The van der Waals surface area contributed by atoms with Crippen LogP contribution in [0.2, 0.25) is 0 Å². The Labute approximate surface area is 179 Å². The molecule has 4 rings (SSSR count). The number of hydrogen-bond donors (Lipinski definition) is 2. The van der Waals surface area contributed by atoms with E-state index >= 15 is 0 Å². The zero-order valence-electron chi connectivity index (χ0n) is 18.1. The molecule has 31 heavy (non-hydrogen) atoms. The molecule has 0 atom stereocenters. The van der Waals surface area contributed by atoms with Crippen LogP contribution in [0.4, 0.5) is 0 Å². The molecule has 1 aromatic carbocycles. The Hall–Kier alpha value is -3.26. The summed E-state index contributed by atoms with van der Waals surface area (Å²) in [5.41, 5.74) is 3.55. The van der Waals surface area contributed by atoms with Crippen molar-refractivity contribution in [3.8, 4) is 0 Å². The predicted molar refractivity (Wildman–Crippen MR) is 119 cm³/mol. The number of nitrogens with one attached hydrogen (secondary N) is 2. The molecule has 0 unspecified atom stereocenters. The minimum atomic E-state index is -0.401. The number of carbonyl (C=O) groups excluding carboxylic acids is 1. The Bertz CT molecular complexity index is 1250.